The van der Waals surface area contributed by atoms with Crippen molar-refractivity contribution in [3.05, 3.63) is 47.5 Å². The van der Waals surface area contributed by atoms with Crippen LogP contribution in [-0.2, 0) is 32.0 Å². The lowest BCUT2D eigenvalue weighted by Gasteiger charge is -2.43. The van der Waals surface area contributed by atoms with Gasteiger partial charge in [0.05, 0.1) is 13.7 Å². The number of likely N-dealkylation sites (tertiary alicyclic amines) is 2. The van der Waals surface area contributed by atoms with Gasteiger partial charge in [0.2, 0.25) is 0 Å². The number of hydroxylamine groups is 1. The van der Waals surface area contributed by atoms with Crippen LogP contribution in [0.15, 0.2) is 36.4 Å². The molecule has 52 heavy (non-hydrogen) atoms. The van der Waals surface area contributed by atoms with E-state index in [1.165, 1.54) is 7.11 Å². The van der Waals surface area contributed by atoms with Gasteiger partial charge in [0.15, 0.2) is 6.10 Å². The van der Waals surface area contributed by atoms with E-state index in [2.05, 4.69) is 20.6 Å². The van der Waals surface area contributed by atoms with E-state index >= 15 is 0 Å². The molecular formula is C36H47B2N7O7. The quantitative estimate of drug-likeness (QED) is 0.239. The van der Waals surface area contributed by atoms with Crippen LogP contribution in [0.1, 0.15) is 36.8 Å². The Morgan fingerprint density at radius 3 is 2.23 bits per heavy atom. The first-order chi connectivity index (χ1) is 25.1. The number of carbonyl (C=O) groups is 4. The van der Waals surface area contributed by atoms with Gasteiger partial charge in [-0.05, 0) is 49.3 Å². The number of amides is 5. The van der Waals surface area contributed by atoms with Crippen LogP contribution in [0.4, 0.5) is 15.3 Å². The van der Waals surface area contributed by atoms with Crippen LogP contribution >= 0.6 is 0 Å². The Hall–Kier alpha value is -4.27. The number of para-hydroxylation sites is 1. The Morgan fingerprint density at radius 2 is 1.56 bits per heavy atom. The summed E-state index contributed by atoms with van der Waals surface area (Å²) in [5.41, 5.74) is 5.01. The van der Waals surface area contributed by atoms with Crippen LogP contribution in [0.3, 0.4) is 0 Å². The largest absolute Gasteiger partial charge is 0.509 e. The normalized spacial score (nSPS) is 20.1. The summed E-state index contributed by atoms with van der Waals surface area (Å²) in [5.74, 6) is -0.694. The van der Waals surface area contributed by atoms with Crippen molar-refractivity contribution in [1.29, 1.82) is 0 Å². The maximum atomic E-state index is 14.1. The number of ether oxygens (including phenoxy) is 1. The summed E-state index contributed by atoms with van der Waals surface area (Å²) in [6.07, 6.45) is 2.09. The van der Waals surface area contributed by atoms with Crippen molar-refractivity contribution in [2.24, 2.45) is 0 Å². The minimum absolute atomic E-state index is 0.0302. The second-order valence-electron chi connectivity index (χ2n) is 14.0. The van der Waals surface area contributed by atoms with Crippen molar-refractivity contribution in [3.8, 4) is 5.75 Å². The van der Waals surface area contributed by atoms with E-state index in [0.29, 0.717) is 76.8 Å². The molecule has 0 aromatic heterocycles. The summed E-state index contributed by atoms with van der Waals surface area (Å²) in [4.78, 5) is 67.1. The van der Waals surface area contributed by atoms with Crippen LogP contribution in [0.25, 0.3) is 0 Å². The Morgan fingerprint density at radius 1 is 0.904 bits per heavy atom. The maximum absolute atomic E-state index is 14.1. The second-order valence-corrected chi connectivity index (χ2v) is 14.0. The number of nitrogens with zero attached hydrogens (tertiary/aromatic N) is 5. The molecule has 0 spiro atoms. The fraction of sp³-hybridized carbons (Fsp3) is 0.556. The van der Waals surface area contributed by atoms with Crippen molar-refractivity contribution in [3.63, 3.8) is 0 Å². The number of rotatable bonds is 9. The minimum Gasteiger partial charge on any atom is -0.509 e. The predicted octanol–water partition coefficient (Wildman–Crippen LogP) is -0.132. The third-order valence-corrected chi connectivity index (χ3v) is 10.8. The number of urea groups is 1. The van der Waals surface area contributed by atoms with Gasteiger partial charge < -0.3 is 29.9 Å². The van der Waals surface area contributed by atoms with E-state index in [9.17, 15) is 24.3 Å². The maximum Gasteiger partial charge on any atom is 0.410 e. The van der Waals surface area contributed by atoms with E-state index in [1.807, 2.05) is 29.2 Å². The van der Waals surface area contributed by atoms with Gasteiger partial charge in [0, 0.05) is 83.1 Å². The van der Waals surface area contributed by atoms with Gasteiger partial charge in [0.1, 0.15) is 21.4 Å². The molecule has 3 N–H and O–H groups in total. The number of carbonyl (C=O) groups excluding carboxylic acids is 4. The first kappa shape index (κ1) is 37.5. The summed E-state index contributed by atoms with van der Waals surface area (Å²) < 4.78 is 5.99. The Balaban J connectivity index is 1.05. The Kier molecular flexibility index (Phi) is 12.3. The molecule has 14 nitrogen and oxygen atoms in total. The molecule has 2 aromatic rings. The zero-order chi connectivity index (χ0) is 36.8. The molecule has 3 saturated heterocycles. The lowest BCUT2D eigenvalue weighted by molar-refractivity contribution is -0.143. The number of piperazine rings is 1. The van der Waals surface area contributed by atoms with Gasteiger partial charge in [-0.2, -0.15) is 0 Å². The monoisotopic (exact) mass is 711 g/mol. The minimum atomic E-state index is -1.13. The lowest BCUT2D eigenvalue weighted by atomic mass is 9.83. The third kappa shape index (κ3) is 9.02. The molecule has 6 rings (SSSR count). The highest BCUT2D eigenvalue weighted by molar-refractivity contribution is 6.41. The number of anilines is 1. The molecule has 0 bridgehead atoms. The molecule has 0 saturated carbocycles. The van der Waals surface area contributed by atoms with E-state index < -0.39 is 12.2 Å². The highest BCUT2D eigenvalue weighted by atomic mass is 16.6. The van der Waals surface area contributed by atoms with E-state index in [-0.39, 0.29) is 47.0 Å². The third-order valence-electron chi connectivity index (χ3n) is 10.8. The van der Waals surface area contributed by atoms with Crippen LogP contribution in [0.5, 0.6) is 5.75 Å². The van der Waals surface area contributed by atoms with E-state index in [4.69, 9.17) is 25.3 Å². The number of piperidine rings is 2. The first-order valence-corrected chi connectivity index (χ1v) is 18.1. The SMILES string of the molecule is [B]c1cc(C[C@@H](OC(=O)N2CCC(N3CCc4ccccc4NC3=O)CC2)C(=O)N2CCN(C3CCN(CC(=O)NOC)CC3)CC2)cc([B])c1O. The molecule has 0 unspecified atom stereocenters. The molecule has 0 aliphatic carbocycles. The first-order valence-electron chi connectivity index (χ1n) is 18.1. The zero-order valence-electron chi connectivity index (χ0n) is 29.8. The second kappa shape index (κ2) is 17.0. The zero-order valence-corrected chi connectivity index (χ0v) is 29.8. The molecule has 3 fully saturated rings. The number of nitrogens with one attached hydrogen (secondary N) is 2. The van der Waals surface area contributed by atoms with Gasteiger partial charge in [-0.25, -0.2) is 15.1 Å². The molecule has 1 atom stereocenters. The summed E-state index contributed by atoms with van der Waals surface area (Å²) in [6, 6.07) is 11.1. The summed E-state index contributed by atoms with van der Waals surface area (Å²) in [7, 11) is 13.4. The summed E-state index contributed by atoms with van der Waals surface area (Å²) in [5, 5.41) is 13.1. The summed E-state index contributed by atoms with van der Waals surface area (Å²) in [6.45, 7) is 5.59. The van der Waals surface area contributed by atoms with Gasteiger partial charge in [-0.15, -0.1) is 0 Å². The number of hydrogen-bond donors (Lipinski definition) is 3. The summed E-state index contributed by atoms with van der Waals surface area (Å²) >= 11 is 0. The van der Waals surface area contributed by atoms with E-state index in [0.717, 1.165) is 43.6 Å². The molecule has 4 aliphatic rings. The number of benzene rings is 2. The van der Waals surface area contributed by atoms with Crippen LogP contribution in [0.2, 0.25) is 0 Å². The molecule has 4 radical (unpaired) electrons. The number of aromatic hydroxyl groups is 1. The van der Waals surface area contributed by atoms with Gasteiger partial charge in [-0.3, -0.25) is 24.2 Å². The molecule has 16 heteroatoms. The average Bonchev–Trinajstić information content (AvgIpc) is 3.31. The predicted molar refractivity (Wildman–Crippen MR) is 196 cm³/mol. The van der Waals surface area contributed by atoms with Crippen molar-refractivity contribution in [2.45, 2.75) is 56.7 Å². The standard InChI is InChI=1S/C36H47B2N7O7/c1-51-40-32(46)23-41-11-7-26(8-12-41)42-16-18-43(19-17-42)34(48)31(22-24-20-28(37)33(47)29(38)21-24)52-36(50)44-13-9-27(10-14-44)45-15-6-25-4-2-3-5-30(25)39-35(45)49/h2-5,20-21,26-27,31,47H,6-19,22-23H2,1H3,(H,39,49)(H,40,46)/t31-/m1/s1. The fourth-order valence-corrected chi connectivity index (χ4v) is 7.85. The highest BCUT2D eigenvalue weighted by Crippen LogP contribution is 2.25. The van der Waals surface area contributed by atoms with E-state index in [1.54, 1.807) is 21.9 Å². The van der Waals surface area contributed by atoms with Crippen molar-refractivity contribution >= 4 is 56.2 Å². The molecular weight excluding hydrogens is 664 g/mol. The number of phenolic OH excluding ortho intramolecular Hbond substituents is 1. The Bertz CT molecular complexity index is 1590. The highest BCUT2D eigenvalue weighted by Gasteiger charge is 2.36. The van der Waals surface area contributed by atoms with Crippen LogP contribution in [-0.4, -0.2) is 160 Å². The van der Waals surface area contributed by atoms with Gasteiger partial charge >= 0.3 is 12.1 Å². The Labute approximate surface area is 307 Å². The molecule has 5 amide bonds. The number of fused-ring (bicyclic) bond motifs is 1. The molecule has 4 heterocycles. The van der Waals surface area contributed by atoms with Crippen molar-refractivity contribution in [2.75, 3.05) is 77.9 Å². The smallest absolute Gasteiger partial charge is 0.410 e. The molecule has 2 aromatic carbocycles. The lowest BCUT2D eigenvalue weighted by Crippen LogP contribution is -2.57. The molecule has 274 valence electrons. The number of hydrogen-bond acceptors (Lipinski definition) is 9. The van der Waals surface area contributed by atoms with Crippen LogP contribution < -0.4 is 21.7 Å². The van der Waals surface area contributed by atoms with Gasteiger partial charge in [-0.1, -0.05) is 41.3 Å². The topological polar surface area (TPSA) is 147 Å². The average molecular weight is 711 g/mol. The fourth-order valence-electron chi connectivity index (χ4n) is 7.85. The van der Waals surface area contributed by atoms with Crippen LogP contribution in [0, 0.1) is 0 Å². The number of phenols is 1. The van der Waals surface area contributed by atoms with Gasteiger partial charge in [0.25, 0.3) is 11.8 Å². The van der Waals surface area contributed by atoms with Crippen molar-refractivity contribution in [1.82, 2.24) is 30.0 Å². The molecule has 4 aliphatic heterocycles. The van der Waals surface area contributed by atoms with Crippen molar-refractivity contribution < 1.29 is 33.9 Å².